The third-order valence-electron chi connectivity index (χ3n) is 2.40. The van der Waals surface area contributed by atoms with Crippen LogP contribution in [-0.4, -0.2) is 5.33 Å². The Balaban J connectivity index is 4.22. The summed E-state index contributed by atoms with van der Waals surface area (Å²) in [6.07, 6.45) is 1.12. The molecule has 1 heteroatoms. The number of halogens is 1. The van der Waals surface area contributed by atoms with Gasteiger partial charge in [-0.15, -0.1) is 6.58 Å². The number of allylic oxidation sites excluding steroid dienone is 1. The highest BCUT2D eigenvalue weighted by molar-refractivity contribution is 9.09. The lowest BCUT2D eigenvalue weighted by Gasteiger charge is -2.32. The van der Waals surface area contributed by atoms with E-state index in [-0.39, 0.29) is 0 Å². The van der Waals surface area contributed by atoms with E-state index in [2.05, 4.69) is 50.2 Å². The second-order valence-corrected chi connectivity index (χ2v) is 4.64. The van der Waals surface area contributed by atoms with Gasteiger partial charge in [-0.05, 0) is 24.7 Å². The number of alkyl halides is 1. The Kier molecular flexibility index (Phi) is 4.38. The Morgan fingerprint density at radius 2 is 2.00 bits per heavy atom. The molecule has 0 aliphatic carbocycles. The lowest BCUT2D eigenvalue weighted by Crippen LogP contribution is -2.25. The lowest BCUT2D eigenvalue weighted by molar-refractivity contribution is 0.258. The van der Waals surface area contributed by atoms with E-state index in [0.29, 0.717) is 11.3 Å². The quantitative estimate of drug-likeness (QED) is 0.495. The minimum absolute atomic E-state index is 0.381. The van der Waals surface area contributed by atoms with Gasteiger partial charge in [-0.2, -0.15) is 0 Å². The van der Waals surface area contributed by atoms with Crippen molar-refractivity contribution in [2.75, 3.05) is 5.33 Å². The van der Waals surface area contributed by atoms with Gasteiger partial charge in [-0.25, -0.2) is 0 Å². The number of hydrogen-bond acceptors (Lipinski definition) is 0. The second kappa shape index (κ2) is 4.30. The Morgan fingerprint density at radius 1 is 1.55 bits per heavy atom. The van der Waals surface area contributed by atoms with Crippen molar-refractivity contribution in [1.82, 2.24) is 0 Å². The fourth-order valence-electron chi connectivity index (χ4n) is 1.10. The van der Waals surface area contributed by atoms with Crippen molar-refractivity contribution in [3.05, 3.63) is 12.2 Å². The standard InChI is InChI=1S/C10H19Br/c1-8(2)6-10(5,7-11)9(3)4/h9H,1,6-7H2,2-5H3. The van der Waals surface area contributed by atoms with Crippen molar-refractivity contribution in [2.45, 2.75) is 34.1 Å². The summed E-state index contributed by atoms with van der Waals surface area (Å²) in [7, 11) is 0. The van der Waals surface area contributed by atoms with Crippen molar-refractivity contribution < 1.29 is 0 Å². The van der Waals surface area contributed by atoms with E-state index in [0.717, 1.165) is 11.8 Å². The SMILES string of the molecule is C=C(C)CC(C)(CBr)C(C)C. The molecule has 0 saturated heterocycles. The maximum atomic E-state index is 3.95. The first-order chi connectivity index (χ1) is 4.92. The van der Waals surface area contributed by atoms with Gasteiger partial charge in [0.25, 0.3) is 0 Å². The van der Waals surface area contributed by atoms with Crippen LogP contribution in [0.25, 0.3) is 0 Å². The van der Waals surface area contributed by atoms with E-state index in [1.165, 1.54) is 5.57 Å². The summed E-state index contributed by atoms with van der Waals surface area (Å²) >= 11 is 3.56. The summed E-state index contributed by atoms with van der Waals surface area (Å²) in [5, 5.41) is 1.06. The number of hydrogen-bond donors (Lipinski definition) is 0. The zero-order valence-corrected chi connectivity index (χ0v) is 9.66. The van der Waals surface area contributed by atoms with Crippen molar-refractivity contribution >= 4 is 15.9 Å². The average molecular weight is 219 g/mol. The van der Waals surface area contributed by atoms with Crippen LogP contribution >= 0.6 is 15.9 Å². The molecule has 0 aliphatic heterocycles. The fraction of sp³-hybridized carbons (Fsp3) is 0.800. The highest BCUT2D eigenvalue weighted by Gasteiger charge is 2.26. The zero-order chi connectivity index (χ0) is 9.07. The molecule has 0 fully saturated rings. The summed E-state index contributed by atoms with van der Waals surface area (Å²) < 4.78 is 0. The minimum atomic E-state index is 0.381. The molecular formula is C10H19Br. The minimum Gasteiger partial charge on any atom is -0.100 e. The molecule has 0 amide bonds. The van der Waals surface area contributed by atoms with Gasteiger partial charge in [-0.1, -0.05) is 42.3 Å². The van der Waals surface area contributed by atoms with E-state index in [1.54, 1.807) is 0 Å². The third kappa shape index (κ3) is 3.42. The van der Waals surface area contributed by atoms with E-state index >= 15 is 0 Å². The van der Waals surface area contributed by atoms with Gasteiger partial charge in [0.15, 0.2) is 0 Å². The van der Waals surface area contributed by atoms with Crippen LogP contribution in [0.1, 0.15) is 34.1 Å². The summed E-state index contributed by atoms with van der Waals surface area (Å²) in [5.41, 5.74) is 1.66. The predicted octanol–water partition coefficient (Wildman–Crippen LogP) is 4.01. The molecule has 0 bridgehead atoms. The Hall–Kier alpha value is 0.220. The van der Waals surface area contributed by atoms with Crippen molar-refractivity contribution in [3.8, 4) is 0 Å². The molecule has 0 rings (SSSR count). The summed E-state index contributed by atoms with van der Waals surface area (Å²) in [4.78, 5) is 0. The highest BCUT2D eigenvalue weighted by atomic mass is 79.9. The van der Waals surface area contributed by atoms with Gasteiger partial charge in [0.1, 0.15) is 0 Å². The van der Waals surface area contributed by atoms with Crippen LogP contribution < -0.4 is 0 Å². The van der Waals surface area contributed by atoms with Gasteiger partial charge in [0.2, 0.25) is 0 Å². The fourth-order valence-corrected chi connectivity index (χ4v) is 1.94. The molecule has 0 aromatic rings. The van der Waals surface area contributed by atoms with Crippen LogP contribution in [0.3, 0.4) is 0 Å². The molecule has 1 atom stereocenters. The molecule has 0 heterocycles. The molecule has 1 unspecified atom stereocenters. The van der Waals surface area contributed by atoms with E-state index in [1.807, 2.05) is 0 Å². The molecule has 66 valence electrons. The summed E-state index contributed by atoms with van der Waals surface area (Å²) in [5.74, 6) is 0.707. The Bertz CT molecular complexity index is 138. The lowest BCUT2D eigenvalue weighted by atomic mass is 9.76. The summed E-state index contributed by atoms with van der Waals surface area (Å²) in [6.45, 7) is 12.9. The van der Waals surface area contributed by atoms with Crippen LogP contribution in [0.2, 0.25) is 0 Å². The van der Waals surface area contributed by atoms with Gasteiger partial charge >= 0.3 is 0 Å². The van der Waals surface area contributed by atoms with Crippen LogP contribution in [0, 0.1) is 11.3 Å². The molecule has 0 aliphatic rings. The number of rotatable bonds is 4. The topological polar surface area (TPSA) is 0 Å². The van der Waals surface area contributed by atoms with Crippen molar-refractivity contribution in [3.63, 3.8) is 0 Å². The molecule has 0 aromatic heterocycles. The maximum Gasteiger partial charge on any atom is 0.00908 e. The molecule has 0 nitrogen and oxygen atoms in total. The van der Waals surface area contributed by atoms with Gasteiger partial charge in [0, 0.05) is 5.33 Å². The van der Waals surface area contributed by atoms with Crippen LogP contribution in [0.5, 0.6) is 0 Å². The predicted molar refractivity (Wildman–Crippen MR) is 56.2 cm³/mol. The molecule has 11 heavy (non-hydrogen) atoms. The van der Waals surface area contributed by atoms with E-state index in [9.17, 15) is 0 Å². The Labute approximate surface area is 79.2 Å². The van der Waals surface area contributed by atoms with Gasteiger partial charge in [-0.3, -0.25) is 0 Å². The first-order valence-corrected chi connectivity index (χ1v) is 5.25. The largest absolute Gasteiger partial charge is 0.100 e. The summed E-state index contributed by atoms with van der Waals surface area (Å²) in [6, 6.07) is 0. The van der Waals surface area contributed by atoms with Crippen LogP contribution in [-0.2, 0) is 0 Å². The first-order valence-electron chi connectivity index (χ1n) is 4.12. The van der Waals surface area contributed by atoms with Gasteiger partial charge in [0.05, 0.1) is 0 Å². The van der Waals surface area contributed by atoms with Crippen LogP contribution in [0.15, 0.2) is 12.2 Å². The zero-order valence-electron chi connectivity index (χ0n) is 8.08. The third-order valence-corrected chi connectivity index (χ3v) is 3.69. The normalized spacial score (nSPS) is 16.5. The average Bonchev–Trinajstić information content (AvgIpc) is 1.86. The van der Waals surface area contributed by atoms with Gasteiger partial charge < -0.3 is 0 Å². The molecule has 0 aromatic carbocycles. The van der Waals surface area contributed by atoms with Crippen molar-refractivity contribution in [2.24, 2.45) is 11.3 Å². The Morgan fingerprint density at radius 3 is 2.09 bits per heavy atom. The monoisotopic (exact) mass is 218 g/mol. The second-order valence-electron chi connectivity index (χ2n) is 4.08. The molecule has 0 radical (unpaired) electrons. The highest BCUT2D eigenvalue weighted by Crippen LogP contribution is 2.35. The van der Waals surface area contributed by atoms with E-state index in [4.69, 9.17) is 0 Å². The van der Waals surface area contributed by atoms with E-state index < -0.39 is 0 Å². The maximum absolute atomic E-state index is 3.95. The van der Waals surface area contributed by atoms with Crippen LogP contribution in [0.4, 0.5) is 0 Å². The molecule has 0 N–H and O–H groups in total. The molecular weight excluding hydrogens is 200 g/mol. The first kappa shape index (κ1) is 11.2. The molecule has 0 spiro atoms. The smallest absolute Gasteiger partial charge is 0.00908 e. The molecule has 0 saturated carbocycles. The van der Waals surface area contributed by atoms with Crippen molar-refractivity contribution in [1.29, 1.82) is 0 Å².